The van der Waals surface area contributed by atoms with Crippen molar-refractivity contribution >= 4 is 17.9 Å². The van der Waals surface area contributed by atoms with Crippen molar-refractivity contribution in [1.82, 2.24) is 0 Å². The van der Waals surface area contributed by atoms with E-state index in [1.807, 2.05) is 0 Å². The van der Waals surface area contributed by atoms with Gasteiger partial charge in [0.15, 0.2) is 0 Å². The van der Waals surface area contributed by atoms with Crippen molar-refractivity contribution in [3.63, 3.8) is 0 Å². The van der Waals surface area contributed by atoms with Gasteiger partial charge in [0.25, 0.3) is 0 Å². The number of hydrogen-bond acceptors (Lipinski definition) is 6. The molecule has 0 spiro atoms. The lowest BCUT2D eigenvalue weighted by atomic mass is 10.5. The highest BCUT2D eigenvalue weighted by molar-refractivity contribution is 5.91. The first-order valence-corrected chi connectivity index (χ1v) is 4.32. The Balaban J connectivity index is 3.66. The average Bonchev–Trinajstić information content (AvgIpc) is 2.31. The molecule has 6 heteroatoms. The van der Waals surface area contributed by atoms with Crippen molar-refractivity contribution in [3.05, 3.63) is 24.8 Å². The molecule has 0 N–H and O–H groups in total. The third-order valence-corrected chi connectivity index (χ3v) is 1.30. The number of esters is 3. The fourth-order valence-corrected chi connectivity index (χ4v) is 0.596. The molecule has 0 amide bonds. The molecule has 0 aromatic heterocycles. The van der Waals surface area contributed by atoms with E-state index in [1.54, 1.807) is 0 Å². The highest BCUT2D eigenvalue weighted by Crippen LogP contribution is 1.86. The fraction of sp³-hybridized carbons (Fsp3) is 0.300. The zero-order valence-corrected chi connectivity index (χ0v) is 8.80. The quantitative estimate of drug-likeness (QED) is 0.275. The Morgan fingerprint density at radius 1 is 1.00 bits per heavy atom. The molecule has 0 aliphatic carbocycles. The van der Waals surface area contributed by atoms with Crippen LogP contribution in [0.5, 0.6) is 0 Å². The summed E-state index contributed by atoms with van der Waals surface area (Å²) in [4.78, 5) is 32.0. The number of methoxy groups -OCH3 is 1. The van der Waals surface area contributed by atoms with Crippen molar-refractivity contribution in [2.75, 3.05) is 20.3 Å². The molecule has 0 heterocycles. The number of ether oxygens (including phenoxy) is 3. The Morgan fingerprint density at radius 2 is 1.50 bits per heavy atom. The molecule has 16 heavy (non-hydrogen) atoms. The zero-order valence-electron chi connectivity index (χ0n) is 8.80. The van der Waals surface area contributed by atoms with Gasteiger partial charge < -0.3 is 14.2 Å². The van der Waals surface area contributed by atoms with Crippen LogP contribution < -0.4 is 0 Å². The summed E-state index contributed by atoms with van der Waals surface area (Å²) < 4.78 is 13.4. The minimum Gasteiger partial charge on any atom is -0.466 e. The first-order valence-electron chi connectivity index (χ1n) is 4.32. The Hall–Kier alpha value is -2.11. The van der Waals surface area contributed by atoms with Gasteiger partial charge in [-0.2, -0.15) is 0 Å². The average molecular weight is 228 g/mol. The number of carbonyl (C=O) groups is 3. The fourth-order valence-electron chi connectivity index (χ4n) is 0.596. The van der Waals surface area contributed by atoms with Gasteiger partial charge in [-0.3, -0.25) is 0 Å². The molecule has 88 valence electrons. The van der Waals surface area contributed by atoms with Gasteiger partial charge >= 0.3 is 17.9 Å². The zero-order chi connectivity index (χ0) is 12.4. The van der Waals surface area contributed by atoms with Crippen LogP contribution in [-0.2, 0) is 28.6 Å². The van der Waals surface area contributed by atoms with E-state index in [9.17, 15) is 14.4 Å². The maximum Gasteiger partial charge on any atom is 0.331 e. The SMILES string of the molecule is C=CC(=O)OCCOC(=O)C=CC(=O)OC. The predicted octanol–water partition coefficient (Wildman–Crippen LogP) is -0.0120. The minimum absolute atomic E-state index is 0.0668. The Labute approximate surface area is 92.5 Å². The molecule has 0 aliphatic heterocycles. The molecule has 0 aliphatic rings. The molecule has 0 aromatic rings. The van der Waals surface area contributed by atoms with E-state index in [0.717, 1.165) is 18.2 Å². The third kappa shape index (κ3) is 7.31. The van der Waals surface area contributed by atoms with Crippen LogP contribution in [0.1, 0.15) is 0 Å². The van der Waals surface area contributed by atoms with E-state index in [-0.39, 0.29) is 13.2 Å². The first-order chi connectivity index (χ1) is 7.60. The van der Waals surface area contributed by atoms with Gasteiger partial charge in [-0.05, 0) is 0 Å². The van der Waals surface area contributed by atoms with Crippen LogP contribution in [0, 0.1) is 0 Å². The summed E-state index contributed by atoms with van der Waals surface area (Å²) in [5, 5.41) is 0. The Morgan fingerprint density at radius 3 is 2.00 bits per heavy atom. The molecular formula is C10H12O6. The van der Waals surface area contributed by atoms with Crippen LogP contribution in [0.4, 0.5) is 0 Å². The summed E-state index contributed by atoms with van der Waals surface area (Å²) in [5.41, 5.74) is 0. The lowest BCUT2D eigenvalue weighted by Crippen LogP contribution is -2.11. The summed E-state index contributed by atoms with van der Waals surface area (Å²) in [5.74, 6) is -1.98. The summed E-state index contributed by atoms with van der Waals surface area (Å²) in [6.45, 7) is 3.03. The van der Waals surface area contributed by atoms with E-state index < -0.39 is 17.9 Å². The molecule has 0 radical (unpaired) electrons. The van der Waals surface area contributed by atoms with E-state index >= 15 is 0 Å². The van der Waals surface area contributed by atoms with Gasteiger partial charge in [-0.25, -0.2) is 14.4 Å². The summed E-state index contributed by atoms with van der Waals surface area (Å²) in [6, 6.07) is 0. The smallest absolute Gasteiger partial charge is 0.331 e. The predicted molar refractivity (Wildman–Crippen MR) is 53.3 cm³/mol. The standard InChI is InChI=1S/C10H12O6/c1-3-8(11)15-6-7-16-10(13)5-4-9(12)14-2/h3-5H,1,6-7H2,2H3. The molecule has 0 fully saturated rings. The molecule has 0 bridgehead atoms. The second-order valence-electron chi connectivity index (χ2n) is 2.40. The number of carbonyl (C=O) groups excluding carboxylic acids is 3. The van der Waals surface area contributed by atoms with Gasteiger partial charge in [0.05, 0.1) is 7.11 Å². The number of rotatable bonds is 6. The minimum atomic E-state index is -0.722. The summed E-state index contributed by atoms with van der Waals surface area (Å²) >= 11 is 0. The molecule has 0 saturated heterocycles. The van der Waals surface area contributed by atoms with Gasteiger partial charge in [-0.1, -0.05) is 6.58 Å². The summed E-state index contributed by atoms with van der Waals surface area (Å²) in [7, 11) is 1.19. The van der Waals surface area contributed by atoms with E-state index in [2.05, 4.69) is 20.8 Å². The maximum absolute atomic E-state index is 10.9. The molecule has 6 nitrogen and oxygen atoms in total. The highest BCUT2D eigenvalue weighted by atomic mass is 16.6. The molecule has 0 atom stereocenters. The molecular weight excluding hydrogens is 216 g/mol. The molecule has 0 unspecified atom stereocenters. The van der Waals surface area contributed by atoms with Crippen LogP contribution in [0.15, 0.2) is 24.8 Å². The number of hydrogen-bond donors (Lipinski definition) is 0. The van der Waals surface area contributed by atoms with Gasteiger partial charge in [0.1, 0.15) is 13.2 Å². The lowest BCUT2D eigenvalue weighted by molar-refractivity contribution is -0.146. The van der Waals surface area contributed by atoms with Crippen molar-refractivity contribution in [1.29, 1.82) is 0 Å². The van der Waals surface area contributed by atoms with Crippen LogP contribution in [0.25, 0.3) is 0 Å². The van der Waals surface area contributed by atoms with Crippen molar-refractivity contribution in [2.24, 2.45) is 0 Å². The van der Waals surface area contributed by atoms with Crippen molar-refractivity contribution < 1.29 is 28.6 Å². The molecule has 0 saturated carbocycles. The van der Waals surface area contributed by atoms with Crippen molar-refractivity contribution in [3.8, 4) is 0 Å². The summed E-state index contributed by atoms with van der Waals surface area (Å²) in [6.07, 6.45) is 2.85. The topological polar surface area (TPSA) is 78.9 Å². The van der Waals surface area contributed by atoms with E-state index in [0.29, 0.717) is 0 Å². The van der Waals surface area contributed by atoms with Gasteiger partial charge in [0, 0.05) is 18.2 Å². The monoisotopic (exact) mass is 228 g/mol. The van der Waals surface area contributed by atoms with Crippen LogP contribution in [0.3, 0.4) is 0 Å². The second-order valence-corrected chi connectivity index (χ2v) is 2.40. The van der Waals surface area contributed by atoms with Gasteiger partial charge in [0.2, 0.25) is 0 Å². The first kappa shape index (κ1) is 13.9. The van der Waals surface area contributed by atoms with Crippen LogP contribution in [-0.4, -0.2) is 38.2 Å². The van der Waals surface area contributed by atoms with Crippen LogP contribution in [0.2, 0.25) is 0 Å². The largest absolute Gasteiger partial charge is 0.466 e. The van der Waals surface area contributed by atoms with Gasteiger partial charge in [-0.15, -0.1) is 0 Å². The highest BCUT2D eigenvalue weighted by Gasteiger charge is 2.00. The third-order valence-electron chi connectivity index (χ3n) is 1.30. The lowest BCUT2D eigenvalue weighted by Gasteiger charge is -2.01. The van der Waals surface area contributed by atoms with E-state index in [1.165, 1.54) is 7.11 Å². The van der Waals surface area contributed by atoms with Crippen LogP contribution >= 0.6 is 0 Å². The Bertz CT molecular complexity index is 304. The normalized spacial score (nSPS) is 9.56. The molecule has 0 aromatic carbocycles. The second kappa shape index (κ2) is 8.22. The molecule has 0 rings (SSSR count). The van der Waals surface area contributed by atoms with E-state index in [4.69, 9.17) is 0 Å². The maximum atomic E-state index is 10.9. The van der Waals surface area contributed by atoms with Crippen molar-refractivity contribution in [2.45, 2.75) is 0 Å². The Kier molecular flexibility index (Phi) is 7.14.